The number of amides is 1. The van der Waals surface area contributed by atoms with Crippen molar-refractivity contribution in [3.8, 4) is 0 Å². The fourth-order valence-electron chi connectivity index (χ4n) is 2.82. The predicted molar refractivity (Wildman–Crippen MR) is 95.7 cm³/mol. The van der Waals surface area contributed by atoms with E-state index in [0.29, 0.717) is 18.9 Å². The Hall–Kier alpha value is -2.48. The lowest BCUT2D eigenvalue weighted by atomic mass is 10.2. The minimum Gasteiger partial charge on any atom is -0.347 e. The van der Waals surface area contributed by atoms with E-state index in [-0.39, 0.29) is 29.1 Å². The number of rotatable bonds is 5. The Morgan fingerprint density at radius 1 is 1.28 bits per heavy atom. The minimum absolute atomic E-state index is 0.0121. The molecule has 1 atom stereocenters. The molecule has 1 amide bonds. The van der Waals surface area contributed by atoms with Crippen LogP contribution in [0.15, 0.2) is 42.6 Å². The molecular weight excluding hydrogens is 340 g/mol. The number of para-hydroxylation sites is 1. The van der Waals surface area contributed by atoms with Crippen LogP contribution < -0.4 is 10.2 Å². The van der Waals surface area contributed by atoms with Crippen molar-refractivity contribution in [2.45, 2.75) is 19.4 Å². The summed E-state index contributed by atoms with van der Waals surface area (Å²) in [5, 5.41) is 2.75. The van der Waals surface area contributed by atoms with Crippen molar-refractivity contribution >= 4 is 27.4 Å². The van der Waals surface area contributed by atoms with Crippen LogP contribution in [-0.2, 0) is 9.84 Å². The van der Waals surface area contributed by atoms with Gasteiger partial charge in [-0.25, -0.2) is 18.4 Å². The Balaban J connectivity index is 1.78. The highest BCUT2D eigenvalue weighted by molar-refractivity contribution is 7.91. The topological polar surface area (TPSA) is 92.3 Å². The predicted octanol–water partition coefficient (Wildman–Crippen LogP) is 1.55. The lowest BCUT2D eigenvalue weighted by molar-refractivity contribution is 0.0936. The molecule has 0 spiro atoms. The molecule has 2 aromatic rings. The maximum Gasteiger partial charge on any atom is 0.270 e. The number of nitrogens with one attached hydrogen (secondary N) is 1. The van der Waals surface area contributed by atoms with Crippen LogP contribution in [0.2, 0.25) is 0 Å². The van der Waals surface area contributed by atoms with Crippen LogP contribution in [-0.4, -0.2) is 48.4 Å². The normalized spacial score (nSPS) is 18.7. The molecule has 1 N–H and O–H groups in total. The van der Waals surface area contributed by atoms with E-state index in [1.165, 1.54) is 12.3 Å². The number of aromatic nitrogens is 2. The van der Waals surface area contributed by atoms with Gasteiger partial charge in [-0.3, -0.25) is 4.79 Å². The van der Waals surface area contributed by atoms with Gasteiger partial charge in [0.25, 0.3) is 5.91 Å². The third-order valence-corrected chi connectivity index (χ3v) is 5.84. The van der Waals surface area contributed by atoms with Crippen molar-refractivity contribution in [2.24, 2.45) is 0 Å². The van der Waals surface area contributed by atoms with Gasteiger partial charge in [-0.1, -0.05) is 18.2 Å². The summed E-state index contributed by atoms with van der Waals surface area (Å²) in [5.41, 5.74) is 1.16. The van der Waals surface area contributed by atoms with E-state index in [1.54, 1.807) is 0 Å². The van der Waals surface area contributed by atoms with Crippen LogP contribution in [0.5, 0.6) is 0 Å². The molecule has 1 saturated heterocycles. The first-order valence-corrected chi connectivity index (χ1v) is 9.97. The monoisotopic (exact) mass is 360 g/mol. The average molecular weight is 360 g/mol. The molecule has 8 heteroatoms. The summed E-state index contributed by atoms with van der Waals surface area (Å²) in [6.07, 6.45) is 1.98. The third kappa shape index (κ3) is 4.14. The fourth-order valence-corrected chi connectivity index (χ4v) is 4.49. The van der Waals surface area contributed by atoms with Gasteiger partial charge in [-0.2, -0.15) is 0 Å². The largest absolute Gasteiger partial charge is 0.347 e. The van der Waals surface area contributed by atoms with Crippen molar-refractivity contribution in [2.75, 3.05) is 23.0 Å². The van der Waals surface area contributed by atoms with Crippen LogP contribution in [0.25, 0.3) is 0 Å². The number of hydrogen-bond acceptors (Lipinski definition) is 6. The highest BCUT2D eigenvalue weighted by atomic mass is 32.2. The van der Waals surface area contributed by atoms with Gasteiger partial charge in [0.2, 0.25) is 5.95 Å². The summed E-state index contributed by atoms with van der Waals surface area (Å²) >= 11 is 0. The van der Waals surface area contributed by atoms with Crippen LogP contribution in [0, 0.1) is 0 Å². The van der Waals surface area contributed by atoms with E-state index in [2.05, 4.69) is 15.3 Å². The van der Waals surface area contributed by atoms with Crippen LogP contribution in [0.4, 0.5) is 11.6 Å². The summed E-state index contributed by atoms with van der Waals surface area (Å²) in [6, 6.07) is 10.8. The second kappa shape index (κ2) is 7.18. The van der Waals surface area contributed by atoms with Crippen molar-refractivity contribution in [1.82, 2.24) is 15.3 Å². The van der Waals surface area contributed by atoms with E-state index >= 15 is 0 Å². The lowest BCUT2D eigenvalue weighted by Crippen LogP contribution is -2.36. The van der Waals surface area contributed by atoms with Gasteiger partial charge >= 0.3 is 0 Å². The number of sulfone groups is 1. The minimum atomic E-state index is -3.04. The smallest absolute Gasteiger partial charge is 0.270 e. The molecule has 1 aromatic carbocycles. The number of nitrogens with zero attached hydrogens (tertiary/aromatic N) is 3. The summed E-state index contributed by atoms with van der Waals surface area (Å²) in [5.74, 6) is 0.155. The molecule has 0 saturated carbocycles. The van der Waals surface area contributed by atoms with Gasteiger partial charge in [0.1, 0.15) is 5.69 Å². The third-order valence-electron chi connectivity index (χ3n) is 4.07. The van der Waals surface area contributed by atoms with Gasteiger partial charge in [0.15, 0.2) is 9.84 Å². The zero-order valence-corrected chi connectivity index (χ0v) is 14.7. The van der Waals surface area contributed by atoms with Crippen LogP contribution >= 0.6 is 0 Å². The Morgan fingerprint density at radius 2 is 2.04 bits per heavy atom. The second-order valence-corrected chi connectivity index (χ2v) is 8.12. The quantitative estimate of drug-likeness (QED) is 0.870. The Kier molecular flexibility index (Phi) is 4.98. The zero-order valence-electron chi connectivity index (χ0n) is 13.9. The summed E-state index contributed by atoms with van der Waals surface area (Å²) in [7, 11) is -3.04. The SMILES string of the molecule is CCN(c1ccccc1)c1nccc(C(=O)NC2CCS(=O)(=O)C2)n1. The Bertz CT molecular complexity index is 855. The van der Waals surface area contributed by atoms with Crippen molar-refractivity contribution in [3.63, 3.8) is 0 Å². The maximum atomic E-state index is 12.4. The fraction of sp³-hybridized carbons (Fsp3) is 0.353. The van der Waals surface area contributed by atoms with E-state index in [1.807, 2.05) is 42.2 Å². The van der Waals surface area contributed by atoms with E-state index in [9.17, 15) is 13.2 Å². The molecular formula is C17H20N4O3S. The molecule has 0 aliphatic carbocycles. The standard InChI is InChI=1S/C17H20N4O3S/c1-2-21(14-6-4-3-5-7-14)17-18-10-8-15(20-17)16(22)19-13-9-11-25(23,24)12-13/h3-8,10,13H,2,9,11-12H2,1H3,(H,19,22). The molecule has 1 unspecified atom stereocenters. The van der Waals surface area contributed by atoms with Crippen molar-refractivity contribution in [3.05, 3.63) is 48.3 Å². The number of carbonyl (C=O) groups excluding carboxylic acids is 1. The molecule has 1 aliphatic rings. The first-order chi connectivity index (χ1) is 12.0. The highest BCUT2D eigenvalue weighted by Gasteiger charge is 2.29. The van der Waals surface area contributed by atoms with Gasteiger partial charge in [0.05, 0.1) is 11.5 Å². The molecule has 0 bridgehead atoms. The van der Waals surface area contributed by atoms with Gasteiger partial charge in [-0.05, 0) is 31.5 Å². The number of anilines is 2. The molecule has 25 heavy (non-hydrogen) atoms. The van der Waals surface area contributed by atoms with E-state index in [0.717, 1.165) is 5.69 Å². The first kappa shape index (κ1) is 17.3. The first-order valence-electron chi connectivity index (χ1n) is 8.15. The van der Waals surface area contributed by atoms with Gasteiger partial charge in [-0.15, -0.1) is 0 Å². The zero-order chi connectivity index (χ0) is 17.9. The molecule has 2 heterocycles. The summed E-state index contributed by atoms with van der Waals surface area (Å²) < 4.78 is 23.0. The van der Waals surface area contributed by atoms with Gasteiger partial charge < -0.3 is 10.2 Å². The van der Waals surface area contributed by atoms with Gasteiger partial charge in [0, 0.05) is 24.5 Å². The molecule has 7 nitrogen and oxygen atoms in total. The Labute approximate surface area is 147 Å². The highest BCUT2D eigenvalue weighted by Crippen LogP contribution is 2.21. The molecule has 3 rings (SSSR count). The summed E-state index contributed by atoms with van der Waals surface area (Å²) in [4.78, 5) is 22.9. The molecule has 1 fully saturated rings. The van der Waals surface area contributed by atoms with Crippen molar-refractivity contribution in [1.29, 1.82) is 0 Å². The average Bonchev–Trinajstić information content (AvgIpc) is 2.95. The molecule has 1 aliphatic heterocycles. The maximum absolute atomic E-state index is 12.4. The molecule has 132 valence electrons. The summed E-state index contributed by atoms with van der Waals surface area (Å²) in [6.45, 7) is 2.63. The van der Waals surface area contributed by atoms with Crippen molar-refractivity contribution < 1.29 is 13.2 Å². The molecule has 0 radical (unpaired) electrons. The van der Waals surface area contributed by atoms with E-state index in [4.69, 9.17) is 0 Å². The number of hydrogen-bond donors (Lipinski definition) is 1. The lowest BCUT2D eigenvalue weighted by Gasteiger charge is -2.21. The second-order valence-electron chi connectivity index (χ2n) is 5.90. The molecule has 1 aromatic heterocycles. The van der Waals surface area contributed by atoms with Crippen LogP contribution in [0.1, 0.15) is 23.8 Å². The van der Waals surface area contributed by atoms with Crippen LogP contribution in [0.3, 0.4) is 0 Å². The number of carbonyl (C=O) groups is 1. The Morgan fingerprint density at radius 3 is 2.68 bits per heavy atom. The van der Waals surface area contributed by atoms with E-state index < -0.39 is 9.84 Å². The number of benzene rings is 1.